The first-order valence-corrected chi connectivity index (χ1v) is 7.00. The molecule has 1 heterocycles. The molecule has 0 spiro atoms. The minimum absolute atomic E-state index is 0.566. The van der Waals surface area contributed by atoms with Crippen molar-refractivity contribution in [3.8, 4) is 0 Å². The Labute approximate surface area is 117 Å². The minimum atomic E-state index is 0.566. The average Bonchev–Trinajstić information content (AvgIpc) is 2.33. The Morgan fingerprint density at radius 3 is 2.56 bits per heavy atom. The van der Waals surface area contributed by atoms with E-state index >= 15 is 0 Å². The van der Waals surface area contributed by atoms with Crippen LogP contribution in [0.3, 0.4) is 0 Å². The van der Waals surface area contributed by atoms with Crippen LogP contribution < -0.4 is 10.6 Å². The third-order valence-corrected chi connectivity index (χ3v) is 2.87. The number of nitrogens with one attached hydrogen (secondary N) is 2. The molecule has 0 aliphatic heterocycles. The van der Waals surface area contributed by atoms with Gasteiger partial charge in [0.05, 0.1) is 6.61 Å². The first-order valence-electron chi connectivity index (χ1n) is 6.21. The van der Waals surface area contributed by atoms with Crippen LogP contribution in [0.15, 0.2) is 10.8 Å². The van der Waals surface area contributed by atoms with E-state index in [0.29, 0.717) is 12.5 Å². The molecule has 1 aromatic heterocycles. The van der Waals surface area contributed by atoms with Gasteiger partial charge < -0.3 is 15.4 Å². The standard InChI is InChI=1S/C12H21BrN4O/c1-4-14-11-10(13)12(17-8-16-11)15-5-6-18-7-9(2)3/h8-9H,4-7H2,1-3H3,(H2,14,15,16,17). The molecule has 2 N–H and O–H groups in total. The number of hydrogen-bond acceptors (Lipinski definition) is 5. The number of rotatable bonds is 8. The summed E-state index contributed by atoms with van der Waals surface area (Å²) >= 11 is 3.48. The molecule has 18 heavy (non-hydrogen) atoms. The van der Waals surface area contributed by atoms with Crippen LogP contribution in [0.1, 0.15) is 20.8 Å². The van der Waals surface area contributed by atoms with Gasteiger partial charge in [-0.2, -0.15) is 0 Å². The summed E-state index contributed by atoms with van der Waals surface area (Å²) < 4.78 is 6.35. The van der Waals surface area contributed by atoms with Crippen molar-refractivity contribution in [1.82, 2.24) is 9.97 Å². The summed E-state index contributed by atoms with van der Waals surface area (Å²) in [6, 6.07) is 0. The lowest BCUT2D eigenvalue weighted by atomic mass is 10.2. The van der Waals surface area contributed by atoms with E-state index in [-0.39, 0.29) is 0 Å². The Bertz CT molecular complexity index is 360. The van der Waals surface area contributed by atoms with Gasteiger partial charge in [0.1, 0.15) is 22.4 Å². The second kappa shape index (κ2) is 8.26. The van der Waals surface area contributed by atoms with Gasteiger partial charge in [-0.3, -0.25) is 0 Å². The molecule has 0 aromatic carbocycles. The van der Waals surface area contributed by atoms with Gasteiger partial charge in [0.25, 0.3) is 0 Å². The lowest BCUT2D eigenvalue weighted by Gasteiger charge is -2.11. The predicted octanol–water partition coefficient (Wildman–Crippen LogP) is 2.76. The molecular weight excluding hydrogens is 296 g/mol. The van der Waals surface area contributed by atoms with E-state index in [1.807, 2.05) is 6.92 Å². The van der Waals surface area contributed by atoms with Crippen LogP contribution in [0.2, 0.25) is 0 Å². The normalized spacial score (nSPS) is 10.7. The second-order valence-electron chi connectivity index (χ2n) is 4.31. The van der Waals surface area contributed by atoms with Gasteiger partial charge in [-0.1, -0.05) is 13.8 Å². The van der Waals surface area contributed by atoms with E-state index in [0.717, 1.165) is 35.8 Å². The molecule has 0 amide bonds. The van der Waals surface area contributed by atoms with Crippen LogP contribution in [0.4, 0.5) is 11.6 Å². The minimum Gasteiger partial charge on any atom is -0.379 e. The van der Waals surface area contributed by atoms with Crippen molar-refractivity contribution >= 4 is 27.6 Å². The molecule has 0 atom stereocenters. The van der Waals surface area contributed by atoms with Crippen molar-refractivity contribution in [2.24, 2.45) is 5.92 Å². The molecule has 0 aliphatic carbocycles. The van der Waals surface area contributed by atoms with Crippen molar-refractivity contribution in [3.63, 3.8) is 0 Å². The van der Waals surface area contributed by atoms with Crippen LogP contribution in [0, 0.1) is 5.92 Å². The summed E-state index contributed by atoms with van der Waals surface area (Å²) in [5, 5.41) is 6.39. The molecule has 0 saturated heterocycles. The maximum absolute atomic E-state index is 5.50. The van der Waals surface area contributed by atoms with Crippen LogP contribution >= 0.6 is 15.9 Å². The average molecular weight is 317 g/mol. The number of hydrogen-bond donors (Lipinski definition) is 2. The number of ether oxygens (including phenoxy) is 1. The highest BCUT2D eigenvalue weighted by atomic mass is 79.9. The zero-order valence-electron chi connectivity index (χ0n) is 11.2. The highest BCUT2D eigenvalue weighted by molar-refractivity contribution is 9.10. The highest BCUT2D eigenvalue weighted by Gasteiger charge is 2.07. The fourth-order valence-corrected chi connectivity index (χ4v) is 1.83. The van der Waals surface area contributed by atoms with Crippen LogP contribution in [-0.4, -0.2) is 36.3 Å². The topological polar surface area (TPSA) is 59.1 Å². The summed E-state index contributed by atoms with van der Waals surface area (Å²) in [5.74, 6) is 2.16. The Balaban J connectivity index is 2.40. The van der Waals surface area contributed by atoms with Crippen molar-refractivity contribution in [3.05, 3.63) is 10.8 Å². The largest absolute Gasteiger partial charge is 0.379 e. The van der Waals surface area contributed by atoms with Gasteiger partial charge in [-0.05, 0) is 28.8 Å². The molecule has 0 fully saturated rings. The first kappa shape index (κ1) is 15.2. The SMILES string of the molecule is CCNc1ncnc(NCCOCC(C)C)c1Br. The number of nitrogens with zero attached hydrogens (tertiary/aromatic N) is 2. The summed E-state index contributed by atoms with van der Waals surface area (Å²) in [4.78, 5) is 8.35. The van der Waals surface area contributed by atoms with E-state index in [2.05, 4.69) is 50.4 Å². The zero-order valence-corrected chi connectivity index (χ0v) is 12.7. The molecule has 1 aromatic rings. The summed E-state index contributed by atoms with van der Waals surface area (Å²) in [6.07, 6.45) is 1.54. The number of anilines is 2. The third kappa shape index (κ3) is 5.18. The Morgan fingerprint density at radius 1 is 1.28 bits per heavy atom. The predicted molar refractivity (Wildman–Crippen MR) is 78.0 cm³/mol. The van der Waals surface area contributed by atoms with Crippen molar-refractivity contribution in [2.75, 3.05) is 36.9 Å². The van der Waals surface area contributed by atoms with Gasteiger partial charge in [0.15, 0.2) is 0 Å². The summed E-state index contributed by atoms with van der Waals surface area (Å²) in [7, 11) is 0. The van der Waals surface area contributed by atoms with Crippen molar-refractivity contribution in [2.45, 2.75) is 20.8 Å². The van der Waals surface area contributed by atoms with E-state index < -0.39 is 0 Å². The van der Waals surface area contributed by atoms with Crippen molar-refractivity contribution < 1.29 is 4.74 Å². The quantitative estimate of drug-likeness (QED) is 0.722. The number of aromatic nitrogens is 2. The molecule has 5 nitrogen and oxygen atoms in total. The Hall–Kier alpha value is -0.880. The molecule has 0 unspecified atom stereocenters. The van der Waals surface area contributed by atoms with E-state index in [1.54, 1.807) is 6.33 Å². The van der Waals surface area contributed by atoms with Crippen LogP contribution in [0.5, 0.6) is 0 Å². The smallest absolute Gasteiger partial charge is 0.146 e. The summed E-state index contributed by atoms with van der Waals surface area (Å²) in [5.41, 5.74) is 0. The second-order valence-corrected chi connectivity index (χ2v) is 5.10. The van der Waals surface area contributed by atoms with Gasteiger partial charge in [0, 0.05) is 19.7 Å². The molecule has 0 radical (unpaired) electrons. The first-order chi connectivity index (χ1) is 8.65. The highest BCUT2D eigenvalue weighted by Crippen LogP contribution is 2.25. The Morgan fingerprint density at radius 2 is 1.94 bits per heavy atom. The molecule has 0 bridgehead atoms. The van der Waals surface area contributed by atoms with Gasteiger partial charge in [0.2, 0.25) is 0 Å². The third-order valence-electron chi connectivity index (χ3n) is 2.12. The maximum Gasteiger partial charge on any atom is 0.146 e. The van der Waals surface area contributed by atoms with Crippen molar-refractivity contribution in [1.29, 1.82) is 0 Å². The van der Waals surface area contributed by atoms with Gasteiger partial charge in [-0.15, -0.1) is 0 Å². The zero-order chi connectivity index (χ0) is 13.4. The molecule has 6 heteroatoms. The van der Waals surface area contributed by atoms with Gasteiger partial charge in [-0.25, -0.2) is 9.97 Å². The maximum atomic E-state index is 5.50. The Kier molecular flexibility index (Phi) is 6.97. The fraction of sp³-hybridized carbons (Fsp3) is 0.667. The molecule has 0 aliphatic rings. The van der Waals surface area contributed by atoms with Crippen LogP contribution in [0.25, 0.3) is 0 Å². The monoisotopic (exact) mass is 316 g/mol. The lowest BCUT2D eigenvalue weighted by Crippen LogP contribution is -2.14. The van der Waals surface area contributed by atoms with Crippen LogP contribution in [-0.2, 0) is 4.74 Å². The molecular formula is C12H21BrN4O. The van der Waals surface area contributed by atoms with Gasteiger partial charge >= 0.3 is 0 Å². The lowest BCUT2D eigenvalue weighted by molar-refractivity contribution is 0.118. The van der Waals surface area contributed by atoms with E-state index in [1.165, 1.54) is 0 Å². The summed E-state index contributed by atoms with van der Waals surface area (Å²) in [6.45, 7) is 9.32. The van der Waals surface area contributed by atoms with E-state index in [9.17, 15) is 0 Å². The molecule has 0 saturated carbocycles. The molecule has 102 valence electrons. The number of halogens is 1. The molecule has 1 rings (SSSR count). The van der Waals surface area contributed by atoms with E-state index in [4.69, 9.17) is 4.74 Å². The fourth-order valence-electron chi connectivity index (χ4n) is 1.34.